The molecule has 6 nitrogen and oxygen atoms in total. The summed E-state index contributed by atoms with van der Waals surface area (Å²) in [6.45, 7) is 3.55. The molecule has 1 heterocycles. The van der Waals surface area contributed by atoms with Gasteiger partial charge in [0.15, 0.2) is 6.29 Å². The summed E-state index contributed by atoms with van der Waals surface area (Å²) in [6.07, 6.45) is -1.99. The topological polar surface area (TPSA) is 99.4 Å². The third-order valence-corrected chi connectivity index (χ3v) is 3.43. The molecule has 6 heteroatoms. The standard InChI is InChI=1S/C13H26O6/c1-3-4-5-6-8(2)18-13-12(17)11(16)10(15)9(7-14)19-13/h8-17H,3-7H2,1-2H3/t8?,9-,10-,11+,12-,13-/m1/s1. The fourth-order valence-corrected chi connectivity index (χ4v) is 2.16. The number of hydrogen-bond donors (Lipinski definition) is 4. The number of hydrogen-bond acceptors (Lipinski definition) is 6. The summed E-state index contributed by atoms with van der Waals surface area (Å²) < 4.78 is 10.8. The molecule has 0 aromatic rings. The van der Waals surface area contributed by atoms with E-state index < -0.39 is 37.3 Å². The van der Waals surface area contributed by atoms with Crippen LogP contribution in [-0.2, 0) is 9.47 Å². The maximum atomic E-state index is 9.80. The van der Waals surface area contributed by atoms with Crippen molar-refractivity contribution in [3.05, 3.63) is 0 Å². The van der Waals surface area contributed by atoms with Gasteiger partial charge >= 0.3 is 0 Å². The molecule has 6 atom stereocenters. The third-order valence-electron chi connectivity index (χ3n) is 3.43. The summed E-state index contributed by atoms with van der Waals surface area (Å²) >= 11 is 0. The molecule has 0 aliphatic carbocycles. The highest BCUT2D eigenvalue weighted by Gasteiger charge is 2.44. The summed E-state index contributed by atoms with van der Waals surface area (Å²) in [5.41, 5.74) is 0. The Kier molecular flexibility index (Phi) is 7.20. The Bertz CT molecular complexity index is 247. The van der Waals surface area contributed by atoms with Crippen molar-refractivity contribution in [1.29, 1.82) is 0 Å². The molecule has 1 fully saturated rings. The van der Waals surface area contributed by atoms with E-state index in [-0.39, 0.29) is 6.10 Å². The molecule has 0 aromatic carbocycles. The molecule has 1 aliphatic rings. The van der Waals surface area contributed by atoms with Gasteiger partial charge in [0.25, 0.3) is 0 Å². The van der Waals surface area contributed by atoms with E-state index in [0.717, 1.165) is 25.7 Å². The van der Waals surface area contributed by atoms with Crippen molar-refractivity contribution in [2.75, 3.05) is 6.61 Å². The van der Waals surface area contributed by atoms with Gasteiger partial charge in [-0.05, 0) is 13.3 Å². The second-order valence-corrected chi connectivity index (χ2v) is 5.14. The predicted molar refractivity (Wildman–Crippen MR) is 68.5 cm³/mol. The van der Waals surface area contributed by atoms with Crippen LogP contribution in [-0.4, -0.2) is 63.8 Å². The van der Waals surface area contributed by atoms with E-state index in [1.807, 2.05) is 6.92 Å². The van der Waals surface area contributed by atoms with E-state index in [9.17, 15) is 15.3 Å². The van der Waals surface area contributed by atoms with E-state index in [1.165, 1.54) is 0 Å². The predicted octanol–water partition coefficient (Wildman–Crippen LogP) is -0.228. The van der Waals surface area contributed by atoms with E-state index in [0.29, 0.717) is 0 Å². The van der Waals surface area contributed by atoms with Crippen molar-refractivity contribution in [3.63, 3.8) is 0 Å². The van der Waals surface area contributed by atoms with Crippen molar-refractivity contribution in [2.45, 2.75) is 76.3 Å². The van der Waals surface area contributed by atoms with Crippen molar-refractivity contribution in [3.8, 4) is 0 Å². The van der Waals surface area contributed by atoms with Crippen LogP contribution in [0.4, 0.5) is 0 Å². The first kappa shape index (κ1) is 16.8. The quantitative estimate of drug-likeness (QED) is 0.480. The van der Waals surface area contributed by atoms with Crippen LogP contribution in [0, 0.1) is 0 Å². The monoisotopic (exact) mass is 278 g/mol. The third kappa shape index (κ3) is 4.66. The minimum atomic E-state index is -1.38. The van der Waals surface area contributed by atoms with E-state index >= 15 is 0 Å². The average molecular weight is 278 g/mol. The van der Waals surface area contributed by atoms with Gasteiger partial charge in [0, 0.05) is 0 Å². The summed E-state index contributed by atoms with van der Waals surface area (Å²) in [4.78, 5) is 0. The maximum absolute atomic E-state index is 9.80. The highest BCUT2D eigenvalue weighted by molar-refractivity contribution is 4.89. The summed E-state index contributed by atoms with van der Waals surface area (Å²) in [5, 5.41) is 38.1. The van der Waals surface area contributed by atoms with Crippen molar-refractivity contribution >= 4 is 0 Å². The Morgan fingerprint density at radius 2 is 1.79 bits per heavy atom. The number of ether oxygens (including phenoxy) is 2. The van der Waals surface area contributed by atoms with Crippen LogP contribution in [0.25, 0.3) is 0 Å². The molecule has 0 amide bonds. The maximum Gasteiger partial charge on any atom is 0.186 e. The van der Waals surface area contributed by atoms with Crippen LogP contribution in [0.5, 0.6) is 0 Å². The minimum Gasteiger partial charge on any atom is -0.394 e. The van der Waals surface area contributed by atoms with Gasteiger partial charge in [-0.2, -0.15) is 0 Å². The smallest absolute Gasteiger partial charge is 0.186 e. The number of aliphatic hydroxyl groups is 4. The molecule has 114 valence electrons. The Morgan fingerprint density at radius 1 is 1.11 bits per heavy atom. The SMILES string of the molecule is CCCCCC(C)O[C@@H]1O[C@H](CO)[C@@H](O)[C@H](O)[C@H]1O. The van der Waals surface area contributed by atoms with Crippen LogP contribution in [0.3, 0.4) is 0 Å². The summed E-state index contributed by atoms with van der Waals surface area (Å²) in [5.74, 6) is 0. The van der Waals surface area contributed by atoms with E-state index in [1.54, 1.807) is 0 Å². The molecule has 1 saturated heterocycles. The Balaban J connectivity index is 2.47. The molecule has 0 bridgehead atoms. The first-order valence-corrected chi connectivity index (χ1v) is 6.97. The molecule has 0 aromatic heterocycles. The molecular weight excluding hydrogens is 252 g/mol. The number of aliphatic hydroxyl groups excluding tert-OH is 4. The minimum absolute atomic E-state index is 0.118. The van der Waals surface area contributed by atoms with Crippen molar-refractivity contribution < 1.29 is 29.9 Å². The lowest BCUT2D eigenvalue weighted by Gasteiger charge is -2.40. The highest BCUT2D eigenvalue weighted by Crippen LogP contribution is 2.23. The zero-order valence-corrected chi connectivity index (χ0v) is 11.6. The molecule has 0 saturated carbocycles. The van der Waals surface area contributed by atoms with Gasteiger partial charge in [-0.15, -0.1) is 0 Å². The van der Waals surface area contributed by atoms with Crippen LogP contribution in [0.15, 0.2) is 0 Å². The second-order valence-electron chi connectivity index (χ2n) is 5.14. The van der Waals surface area contributed by atoms with Crippen molar-refractivity contribution in [1.82, 2.24) is 0 Å². The van der Waals surface area contributed by atoms with E-state index in [4.69, 9.17) is 14.6 Å². The zero-order valence-electron chi connectivity index (χ0n) is 11.6. The Morgan fingerprint density at radius 3 is 2.37 bits per heavy atom. The molecule has 1 aliphatic heterocycles. The summed E-state index contributed by atoms with van der Waals surface area (Å²) in [7, 11) is 0. The molecule has 19 heavy (non-hydrogen) atoms. The zero-order chi connectivity index (χ0) is 14.4. The van der Waals surface area contributed by atoms with Gasteiger partial charge < -0.3 is 29.9 Å². The normalized spacial score (nSPS) is 37.3. The van der Waals surface area contributed by atoms with Crippen LogP contribution >= 0.6 is 0 Å². The van der Waals surface area contributed by atoms with Crippen LogP contribution < -0.4 is 0 Å². The van der Waals surface area contributed by atoms with Crippen LogP contribution in [0.2, 0.25) is 0 Å². The summed E-state index contributed by atoms with van der Waals surface area (Å²) in [6, 6.07) is 0. The molecule has 4 N–H and O–H groups in total. The lowest BCUT2D eigenvalue weighted by atomic mass is 9.99. The first-order chi connectivity index (χ1) is 9.01. The highest BCUT2D eigenvalue weighted by atomic mass is 16.7. The molecule has 0 radical (unpaired) electrons. The lowest BCUT2D eigenvalue weighted by Crippen LogP contribution is -2.59. The van der Waals surface area contributed by atoms with Gasteiger partial charge in [-0.1, -0.05) is 26.2 Å². The first-order valence-electron chi connectivity index (χ1n) is 6.97. The van der Waals surface area contributed by atoms with Gasteiger partial charge in [-0.25, -0.2) is 0 Å². The molecular formula is C13H26O6. The van der Waals surface area contributed by atoms with E-state index in [2.05, 4.69) is 6.92 Å². The van der Waals surface area contributed by atoms with Crippen molar-refractivity contribution in [2.24, 2.45) is 0 Å². The lowest BCUT2D eigenvalue weighted by molar-refractivity contribution is -0.310. The van der Waals surface area contributed by atoms with Gasteiger partial charge in [-0.3, -0.25) is 0 Å². The largest absolute Gasteiger partial charge is 0.394 e. The van der Waals surface area contributed by atoms with Gasteiger partial charge in [0.05, 0.1) is 12.7 Å². The fraction of sp³-hybridized carbons (Fsp3) is 1.00. The number of unbranched alkanes of at least 4 members (excludes halogenated alkanes) is 2. The Labute approximate surface area is 114 Å². The average Bonchev–Trinajstić information content (AvgIpc) is 2.39. The van der Waals surface area contributed by atoms with Gasteiger partial charge in [0.1, 0.15) is 24.4 Å². The fourth-order valence-electron chi connectivity index (χ4n) is 2.16. The Hall–Kier alpha value is -0.240. The van der Waals surface area contributed by atoms with Gasteiger partial charge in [0.2, 0.25) is 0 Å². The van der Waals surface area contributed by atoms with Crippen LogP contribution in [0.1, 0.15) is 39.5 Å². The molecule has 0 spiro atoms. The molecule has 1 unspecified atom stereocenters. The second kappa shape index (κ2) is 8.14. The number of rotatable bonds is 7. The molecule has 1 rings (SSSR count).